The molecule has 3 aromatic rings. The van der Waals surface area contributed by atoms with E-state index in [1.54, 1.807) is 25.1 Å². The zero-order chi connectivity index (χ0) is 36.3. The average molecular weight is 675 g/mol. The molecule has 0 aliphatic carbocycles. The van der Waals surface area contributed by atoms with Crippen LogP contribution >= 0.6 is 0 Å². The Bertz CT molecular complexity index is 1570. The third kappa shape index (κ3) is 10.2. The van der Waals surface area contributed by atoms with Gasteiger partial charge in [-0.1, -0.05) is 60.7 Å². The van der Waals surface area contributed by atoms with E-state index in [1.165, 1.54) is 26.0 Å². The molecule has 0 spiro atoms. The van der Waals surface area contributed by atoms with Gasteiger partial charge in [0.2, 0.25) is 11.8 Å². The first kappa shape index (κ1) is 38.4. The van der Waals surface area contributed by atoms with Gasteiger partial charge in [0.25, 0.3) is 11.9 Å². The van der Waals surface area contributed by atoms with Crippen LogP contribution < -0.4 is 15.4 Å². The molecule has 0 saturated carbocycles. The number of piperidine rings is 1. The number of nitrogens with zero attached hydrogens (tertiary/aromatic N) is 2. The van der Waals surface area contributed by atoms with Gasteiger partial charge in [0.05, 0.1) is 17.7 Å². The zero-order valence-corrected chi connectivity index (χ0v) is 28.8. The number of rotatable bonds is 10. The maximum Gasteiger partial charge on any atom is 0.308 e. The number of anilines is 1. The topological polar surface area (TPSA) is 166 Å². The van der Waals surface area contributed by atoms with Crippen LogP contribution in [0.15, 0.2) is 78.9 Å². The summed E-state index contributed by atoms with van der Waals surface area (Å²) in [5.41, 5.74) is 1.35. The predicted octanol–water partition coefficient (Wildman–Crippen LogP) is 3.68. The zero-order valence-electron chi connectivity index (χ0n) is 28.8. The smallest absolute Gasteiger partial charge is 0.308 e. The highest BCUT2D eigenvalue weighted by Crippen LogP contribution is 2.40. The Labute approximate surface area is 287 Å². The number of amides is 3. The number of aliphatic hydroxyl groups excluding tert-OH is 1. The van der Waals surface area contributed by atoms with Crippen LogP contribution in [-0.4, -0.2) is 95.0 Å². The first-order valence-corrected chi connectivity index (χ1v) is 16.0. The second kappa shape index (κ2) is 17.4. The molecule has 12 heteroatoms. The Morgan fingerprint density at radius 1 is 0.939 bits per heavy atom. The number of hydrogen-bond donors (Lipinski definition) is 4. The molecule has 1 heterocycles. The predicted molar refractivity (Wildman–Crippen MR) is 185 cm³/mol. The summed E-state index contributed by atoms with van der Waals surface area (Å²) in [6.07, 6.45) is 0.0669. The lowest BCUT2D eigenvalue weighted by molar-refractivity contribution is -0.135. The normalized spacial score (nSPS) is 16.6. The number of aliphatic hydroxyl groups is 1. The van der Waals surface area contributed by atoms with Crippen molar-refractivity contribution in [2.75, 3.05) is 32.5 Å². The molecule has 1 aliphatic heterocycles. The number of hydrogen-bond acceptors (Lipinski definition) is 8. The molecular weight excluding hydrogens is 628 g/mol. The van der Waals surface area contributed by atoms with Crippen molar-refractivity contribution in [2.45, 2.75) is 64.1 Å². The van der Waals surface area contributed by atoms with Gasteiger partial charge in [-0.15, -0.1) is 0 Å². The number of benzene rings is 3. The molecule has 1 fully saturated rings. The molecule has 4 rings (SSSR count). The van der Waals surface area contributed by atoms with Crippen molar-refractivity contribution >= 4 is 35.3 Å². The Kier molecular flexibility index (Phi) is 13.6. The summed E-state index contributed by atoms with van der Waals surface area (Å²) >= 11 is 0. The summed E-state index contributed by atoms with van der Waals surface area (Å²) in [7, 11) is 3.54. The van der Waals surface area contributed by atoms with E-state index in [1.807, 2.05) is 60.7 Å². The molecule has 3 aromatic carbocycles. The second-order valence-corrected chi connectivity index (χ2v) is 12.3. The van der Waals surface area contributed by atoms with Crippen molar-refractivity contribution in [1.82, 2.24) is 15.1 Å². The number of ether oxygens (including phenoxy) is 1. The van der Waals surface area contributed by atoms with Gasteiger partial charge in [0.15, 0.2) is 0 Å². The molecule has 0 aromatic heterocycles. The lowest BCUT2D eigenvalue weighted by Gasteiger charge is -2.44. The van der Waals surface area contributed by atoms with Gasteiger partial charge >= 0.3 is 5.97 Å². The summed E-state index contributed by atoms with van der Waals surface area (Å²) < 4.78 is 5.26. The van der Waals surface area contributed by atoms with E-state index in [2.05, 4.69) is 22.5 Å². The lowest BCUT2D eigenvalue weighted by atomic mass is 9.69. The molecule has 262 valence electrons. The fourth-order valence-electron chi connectivity index (χ4n) is 6.14. The Morgan fingerprint density at radius 3 is 1.96 bits per heavy atom. The number of β-amino-alcohol motifs (C(OH)–C–C–N with tert-alkyl or cyclic N) is 1. The lowest BCUT2D eigenvalue weighted by Crippen LogP contribution is -2.57. The first-order chi connectivity index (χ1) is 23.1. The Balaban J connectivity index is 0.00000154. The number of nitrogens with one attached hydrogen (secondary N) is 2. The third-order valence-electron chi connectivity index (χ3n) is 8.26. The SMILES string of the molecule is CC(=O)Nc1ccc(C(=O)N[C@H]2CCN(C(C)CC(C(=O)N(C)C)(c3ccccc3)c3ccccc3)C[C@@H]2O)c(OC(C)=O)c1.CC(=O)O. The standard InChI is InChI=1S/C35H42N4O6.C2H4O2/c1-23(21-35(34(44)38(4)5,26-12-8-6-9-13-26)27-14-10-7-11-15-27)39-19-18-30(31(42)22-39)37-33(43)29-17-16-28(36-24(2)40)20-32(29)45-25(3)41;1-2(3)4/h6-17,20,23,30-31,42H,18-19,21-22H2,1-5H3,(H,36,40)(H,37,43);1H3,(H,3,4)/t23?,30-,31-;/m0./s1. The summed E-state index contributed by atoms with van der Waals surface area (Å²) in [5, 5.41) is 24.1. The highest BCUT2D eigenvalue weighted by molar-refractivity contribution is 5.99. The van der Waals surface area contributed by atoms with Crippen LogP contribution in [0.25, 0.3) is 0 Å². The molecule has 1 aliphatic rings. The number of carbonyl (C=O) groups excluding carboxylic acids is 4. The molecule has 1 saturated heterocycles. The van der Waals surface area contributed by atoms with Gasteiger partial charge in [-0.25, -0.2) is 0 Å². The van der Waals surface area contributed by atoms with Gasteiger partial charge in [-0.05, 0) is 43.0 Å². The minimum Gasteiger partial charge on any atom is -0.481 e. The van der Waals surface area contributed by atoms with Crippen LogP contribution in [0.1, 0.15) is 62.0 Å². The number of esters is 1. The van der Waals surface area contributed by atoms with Crippen LogP contribution in [0.2, 0.25) is 0 Å². The van der Waals surface area contributed by atoms with Gasteiger partial charge in [-0.2, -0.15) is 0 Å². The maximum absolute atomic E-state index is 14.1. The first-order valence-electron chi connectivity index (χ1n) is 16.0. The average Bonchev–Trinajstić information content (AvgIpc) is 3.04. The Hall–Kier alpha value is -5.07. The molecule has 1 unspecified atom stereocenters. The van der Waals surface area contributed by atoms with E-state index < -0.39 is 35.4 Å². The van der Waals surface area contributed by atoms with Gasteiger partial charge < -0.3 is 30.5 Å². The number of aliphatic carboxylic acids is 1. The van der Waals surface area contributed by atoms with E-state index in [0.29, 0.717) is 31.6 Å². The molecule has 49 heavy (non-hydrogen) atoms. The van der Waals surface area contributed by atoms with Crippen molar-refractivity contribution in [3.63, 3.8) is 0 Å². The number of carboxylic acid groups (broad SMARTS) is 1. The van der Waals surface area contributed by atoms with Crippen molar-refractivity contribution in [3.8, 4) is 5.75 Å². The van der Waals surface area contributed by atoms with E-state index in [0.717, 1.165) is 18.1 Å². The van der Waals surface area contributed by atoms with Crippen molar-refractivity contribution < 1.29 is 38.9 Å². The van der Waals surface area contributed by atoms with Crippen molar-refractivity contribution in [3.05, 3.63) is 95.6 Å². The highest BCUT2D eigenvalue weighted by atomic mass is 16.5. The monoisotopic (exact) mass is 674 g/mol. The molecule has 3 amide bonds. The number of carboxylic acids is 1. The minimum atomic E-state index is -0.946. The van der Waals surface area contributed by atoms with Crippen LogP contribution in [0, 0.1) is 0 Å². The van der Waals surface area contributed by atoms with Crippen LogP contribution in [0.4, 0.5) is 5.69 Å². The van der Waals surface area contributed by atoms with Crippen LogP contribution in [0.5, 0.6) is 5.75 Å². The molecule has 12 nitrogen and oxygen atoms in total. The molecule has 4 N–H and O–H groups in total. The molecular formula is C37H46N4O8. The second-order valence-electron chi connectivity index (χ2n) is 12.3. The molecule has 0 radical (unpaired) electrons. The summed E-state index contributed by atoms with van der Waals surface area (Å²) in [5.74, 6) is -2.27. The molecule has 0 bridgehead atoms. The quantitative estimate of drug-likeness (QED) is 0.185. The fraction of sp³-hybridized carbons (Fsp3) is 0.378. The summed E-state index contributed by atoms with van der Waals surface area (Å²) in [6.45, 7) is 6.60. The number of carbonyl (C=O) groups is 5. The summed E-state index contributed by atoms with van der Waals surface area (Å²) in [4.78, 5) is 63.4. The minimum absolute atomic E-state index is 0.00974. The van der Waals surface area contributed by atoms with Crippen LogP contribution in [0.3, 0.4) is 0 Å². The van der Waals surface area contributed by atoms with E-state index in [-0.39, 0.29) is 29.2 Å². The Morgan fingerprint density at radius 2 is 1.49 bits per heavy atom. The maximum atomic E-state index is 14.1. The number of likely N-dealkylation sites (tertiary alicyclic amines) is 1. The van der Waals surface area contributed by atoms with E-state index in [9.17, 15) is 24.3 Å². The van der Waals surface area contributed by atoms with E-state index in [4.69, 9.17) is 14.6 Å². The van der Waals surface area contributed by atoms with Gasteiger partial charge in [-0.3, -0.25) is 28.9 Å². The third-order valence-corrected chi connectivity index (χ3v) is 8.26. The van der Waals surface area contributed by atoms with E-state index >= 15 is 0 Å². The van der Waals surface area contributed by atoms with Crippen molar-refractivity contribution in [1.29, 1.82) is 0 Å². The van der Waals surface area contributed by atoms with Gasteiger partial charge in [0, 0.05) is 65.8 Å². The molecule has 3 atom stereocenters. The fourth-order valence-corrected chi connectivity index (χ4v) is 6.14. The van der Waals surface area contributed by atoms with Crippen molar-refractivity contribution in [2.24, 2.45) is 0 Å². The van der Waals surface area contributed by atoms with Crippen LogP contribution in [-0.2, 0) is 24.6 Å². The highest BCUT2D eigenvalue weighted by Gasteiger charge is 2.45. The largest absolute Gasteiger partial charge is 0.481 e. The summed E-state index contributed by atoms with van der Waals surface area (Å²) in [6, 6.07) is 23.4. The van der Waals surface area contributed by atoms with Gasteiger partial charge in [0.1, 0.15) is 11.2 Å². The number of likely N-dealkylation sites (N-methyl/N-ethyl adjacent to an activating group) is 1.